The Morgan fingerprint density at radius 3 is 2.33 bits per heavy atom. The Balaban J connectivity index is 1.96. The van der Waals surface area contributed by atoms with Crippen molar-refractivity contribution in [1.82, 2.24) is 5.32 Å². The molecule has 2 saturated heterocycles. The van der Waals surface area contributed by atoms with Gasteiger partial charge in [0.2, 0.25) is 0 Å². The normalized spacial score (nSPS) is 42.7. The molecule has 2 atom stereocenters. The maximum atomic E-state index is 3.63. The van der Waals surface area contributed by atoms with E-state index in [0.717, 1.165) is 12.1 Å². The smallest absolute Gasteiger partial charge is 0.0161 e. The van der Waals surface area contributed by atoms with Crippen LogP contribution in [-0.4, -0.2) is 23.6 Å². The van der Waals surface area contributed by atoms with Crippen molar-refractivity contribution in [3.8, 4) is 0 Å². The number of hydrogen-bond donors (Lipinski definition) is 1. The fourth-order valence-corrected chi connectivity index (χ4v) is 2.96. The Hall–Kier alpha value is 0.310. The number of nitrogens with one attached hydrogen (secondary N) is 1. The molecule has 0 aromatic rings. The van der Waals surface area contributed by atoms with Crippen LogP contribution >= 0.6 is 11.8 Å². The van der Waals surface area contributed by atoms with Crippen molar-refractivity contribution in [2.45, 2.75) is 31.3 Å². The molecule has 2 aliphatic rings. The largest absolute Gasteiger partial charge is 0.310 e. The maximum Gasteiger partial charge on any atom is 0.0161 e. The first-order valence-corrected chi connectivity index (χ1v) is 4.94. The van der Waals surface area contributed by atoms with Gasteiger partial charge in [0.05, 0.1) is 0 Å². The molecule has 0 aromatic carbocycles. The predicted molar refractivity (Wildman–Crippen MR) is 41.9 cm³/mol. The fourth-order valence-electron chi connectivity index (χ4n) is 1.73. The first kappa shape index (κ1) is 6.05. The van der Waals surface area contributed by atoms with Gasteiger partial charge in [-0.05, 0) is 12.8 Å². The molecule has 52 valence electrons. The van der Waals surface area contributed by atoms with E-state index in [1.54, 1.807) is 0 Å². The van der Waals surface area contributed by atoms with E-state index >= 15 is 0 Å². The molecule has 2 heterocycles. The summed E-state index contributed by atoms with van der Waals surface area (Å²) in [4.78, 5) is 0. The van der Waals surface area contributed by atoms with E-state index in [4.69, 9.17) is 0 Å². The monoisotopic (exact) mass is 143 g/mol. The summed E-state index contributed by atoms with van der Waals surface area (Å²) in [6.07, 6.45) is 4.30. The molecule has 2 aliphatic heterocycles. The summed E-state index contributed by atoms with van der Waals surface area (Å²) in [6.45, 7) is 0. The molecule has 2 heteroatoms. The highest BCUT2D eigenvalue weighted by Crippen LogP contribution is 2.23. The summed E-state index contributed by atoms with van der Waals surface area (Å²) in [5.74, 6) is 2.72. The van der Waals surface area contributed by atoms with Crippen molar-refractivity contribution >= 4 is 11.8 Å². The molecular formula is C7H13NS. The van der Waals surface area contributed by atoms with E-state index in [2.05, 4.69) is 17.1 Å². The van der Waals surface area contributed by atoms with E-state index in [-0.39, 0.29) is 0 Å². The molecule has 1 N–H and O–H groups in total. The minimum absolute atomic E-state index is 0.863. The lowest BCUT2D eigenvalue weighted by Crippen LogP contribution is -2.48. The molecule has 1 nitrogen and oxygen atoms in total. The van der Waals surface area contributed by atoms with Crippen molar-refractivity contribution < 1.29 is 0 Å². The molecule has 0 radical (unpaired) electrons. The topological polar surface area (TPSA) is 12.0 Å². The average molecular weight is 143 g/mol. The highest BCUT2D eigenvalue weighted by Gasteiger charge is 2.24. The van der Waals surface area contributed by atoms with Crippen LogP contribution in [0.1, 0.15) is 19.3 Å². The summed E-state index contributed by atoms with van der Waals surface area (Å²) in [5.41, 5.74) is 0. The molecule has 2 bridgehead atoms. The lowest BCUT2D eigenvalue weighted by molar-refractivity contribution is 0.350. The van der Waals surface area contributed by atoms with Crippen LogP contribution in [0.5, 0.6) is 0 Å². The third kappa shape index (κ3) is 1.24. The summed E-state index contributed by atoms with van der Waals surface area (Å²) in [6, 6.07) is 1.73. The van der Waals surface area contributed by atoms with E-state index < -0.39 is 0 Å². The quantitative estimate of drug-likeness (QED) is 0.547. The molecular weight excluding hydrogens is 130 g/mol. The molecule has 2 unspecified atom stereocenters. The summed E-state index contributed by atoms with van der Waals surface area (Å²) >= 11 is 2.12. The van der Waals surface area contributed by atoms with Crippen molar-refractivity contribution in [3.05, 3.63) is 0 Å². The van der Waals surface area contributed by atoms with Gasteiger partial charge in [-0.25, -0.2) is 0 Å². The number of hydrogen-bond acceptors (Lipinski definition) is 2. The molecule has 9 heavy (non-hydrogen) atoms. The van der Waals surface area contributed by atoms with Crippen molar-refractivity contribution in [2.24, 2.45) is 0 Å². The zero-order chi connectivity index (χ0) is 6.10. The van der Waals surface area contributed by atoms with Gasteiger partial charge >= 0.3 is 0 Å². The van der Waals surface area contributed by atoms with E-state index in [1.807, 2.05) is 0 Å². The van der Waals surface area contributed by atoms with Gasteiger partial charge in [-0.3, -0.25) is 0 Å². The van der Waals surface area contributed by atoms with Gasteiger partial charge in [-0.2, -0.15) is 11.8 Å². The molecule has 0 spiro atoms. The number of thioether (sulfide) groups is 1. The molecule has 0 aliphatic carbocycles. The zero-order valence-corrected chi connectivity index (χ0v) is 6.41. The second kappa shape index (κ2) is 2.51. The van der Waals surface area contributed by atoms with Gasteiger partial charge in [0, 0.05) is 23.6 Å². The average Bonchev–Trinajstić information content (AvgIpc) is 1.88. The van der Waals surface area contributed by atoms with Gasteiger partial charge < -0.3 is 5.32 Å². The Labute approximate surface area is 60.6 Å². The predicted octanol–water partition coefficient (Wildman–Crippen LogP) is 1.24. The minimum atomic E-state index is 0.863. The number of rotatable bonds is 0. The minimum Gasteiger partial charge on any atom is -0.310 e. The van der Waals surface area contributed by atoms with Crippen LogP contribution in [-0.2, 0) is 0 Å². The Kier molecular flexibility index (Phi) is 1.68. The van der Waals surface area contributed by atoms with Crippen molar-refractivity contribution in [3.63, 3.8) is 0 Å². The maximum absolute atomic E-state index is 3.63. The van der Waals surface area contributed by atoms with Gasteiger partial charge in [0.15, 0.2) is 0 Å². The summed E-state index contributed by atoms with van der Waals surface area (Å²) in [5, 5.41) is 3.63. The Bertz CT molecular complexity index is 85.1. The Morgan fingerprint density at radius 1 is 1.11 bits per heavy atom. The molecule has 2 fully saturated rings. The van der Waals surface area contributed by atoms with Crippen LogP contribution in [0.4, 0.5) is 0 Å². The highest BCUT2D eigenvalue weighted by atomic mass is 32.2. The number of piperidine rings is 1. The van der Waals surface area contributed by atoms with Gasteiger partial charge in [-0.15, -0.1) is 0 Å². The summed E-state index contributed by atoms with van der Waals surface area (Å²) < 4.78 is 0. The van der Waals surface area contributed by atoms with E-state index in [0.29, 0.717) is 0 Å². The molecule has 0 amide bonds. The van der Waals surface area contributed by atoms with Crippen LogP contribution in [0.3, 0.4) is 0 Å². The van der Waals surface area contributed by atoms with Crippen LogP contribution < -0.4 is 5.32 Å². The van der Waals surface area contributed by atoms with Crippen molar-refractivity contribution in [2.75, 3.05) is 11.5 Å². The van der Waals surface area contributed by atoms with Crippen molar-refractivity contribution in [1.29, 1.82) is 0 Å². The third-order valence-electron chi connectivity index (χ3n) is 2.21. The lowest BCUT2D eigenvalue weighted by Gasteiger charge is -2.35. The molecule has 0 saturated carbocycles. The second-order valence-corrected chi connectivity index (χ2v) is 4.10. The third-order valence-corrected chi connectivity index (χ3v) is 3.49. The molecule has 2 rings (SSSR count). The lowest BCUT2D eigenvalue weighted by atomic mass is 10.0. The van der Waals surface area contributed by atoms with Gasteiger partial charge in [0.25, 0.3) is 0 Å². The van der Waals surface area contributed by atoms with Crippen LogP contribution in [0.2, 0.25) is 0 Å². The first-order chi connectivity index (χ1) is 4.45. The highest BCUT2D eigenvalue weighted by molar-refractivity contribution is 7.99. The van der Waals surface area contributed by atoms with Crippen LogP contribution in [0.25, 0.3) is 0 Å². The van der Waals surface area contributed by atoms with E-state index in [1.165, 1.54) is 30.8 Å². The number of fused-ring (bicyclic) bond motifs is 2. The van der Waals surface area contributed by atoms with Crippen LogP contribution in [0.15, 0.2) is 0 Å². The fraction of sp³-hybridized carbons (Fsp3) is 1.00. The van der Waals surface area contributed by atoms with Crippen LogP contribution in [0, 0.1) is 0 Å². The SMILES string of the molecule is C1CC2CSCC(C1)N2. The zero-order valence-electron chi connectivity index (χ0n) is 5.60. The summed E-state index contributed by atoms with van der Waals surface area (Å²) in [7, 11) is 0. The van der Waals surface area contributed by atoms with E-state index in [9.17, 15) is 0 Å². The Morgan fingerprint density at radius 2 is 1.78 bits per heavy atom. The second-order valence-electron chi connectivity index (χ2n) is 3.03. The standard InChI is InChI=1S/C7H13NS/c1-2-6-4-9-5-7(3-1)8-6/h6-8H,1-5H2. The van der Waals surface area contributed by atoms with Gasteiger partial charge in [0.1, 0.15) is 0 Å². The first-order valence-electron chi connectivity index (χ1n) is 3.79. The van der Waals surface area contributed by atoms with Gasteiger partial charge in [-0.1, -0.05) is 6.42 Å². The molecule has 0 aromatic heterocycles.